The second-order valence-corrected chi connectivity index (χ2v) is 14.1. The van der Waals surface area contributed by atoms with Crippen molar-refractivity contribution in [2.75, 3.05) is 10.2 Å². The fourth-order valence-electron chi connectivity index (χ4n) is 6.42. The van der Waals surface area contributed by atoms with Crippen LogP contribution in [-0.2, 0) is 16.7 Å². The Morgan fingerprint density at radius 3 is 1.52 bits per heavy atom. The lowest BCUT2D eigenvalue weighted by atomic mass is 10.0. The fourth-order valence-corrected chi connectivity index (χ4v) is 7.50. The highest BCUT2D eigenvalue weighted by Gasteiger charge is 2.52. The van der Waals surface area contributed by atoms with Crippen molar-refractivity contribution in [3.8, 4) is 0 Å². The van der Waals surface area contributed by atoms with Crippen LogP contribution >= 0.6 is 0 Å². The van der Waals surface area contributed by atoms with Crippen molar-refractivity contribution in [2.24, 2.45) is 0 Å². The molecule has 1 heterocycles. The standard InChI is InChI=1S/C36H58N2O3S/c1-2-3-4-5-6-7-8-9-10-11-12-13-14-15-16-17-18-19-20-26-31-36(42(39,40)41)37-34-29-24-25-30-35(34)38(36)32-33-27-22-21-23-28-33/h21-25,27-30,37H,2-20,26,31-32H2,1H3,(H,39,40,41). The summed E-state index contributed by atoms with van der Waals surface area (Å²) < 4.78 is 36.3. The highest BCUT2D eigenvalue weighted by atomic mass is 32.2. The highest BCUT2D eigenvalue weighted by Crippen LogP contribution is 2.45. The molecule has 2 aromatic carbocycles. The first-order chi connectivity index (χ1) is 20.5. The van der Waals surface area contributed by atoms with E-state index in [1.807, 2.05) is 59.5 Å². The van der Waals surface area contributed by atoms with E-state index in [-0.39, 0.29) is 0 Å². The number of para-hydroxylation sites is 2. The predicted molar refractivity (Wildman–Crippen MR) is 180 cm³/mol. The summed E-state index contributed by atoms with van der Waals surface area (Å²) in [4.78, 5) is 0.295. The van der Waals surface area contributed by atoms with Crippen molar-refractivity contribution in [3.05, 3.63) is 60.2 Å². The molecule has 0 radical (unpaired) electrons. The molecule has 3 rings (SSSR count). The van der Waals surface area contributed by atoms with E-state index >= 15 is 0 Å². The van der Waals surface area contributed by atoms with Crippen molar-refractivity contribution in [1.82, 2.24) is 0 Å². The zero-order valence-electron chi connectivity index (χ0n) is 26.4. The average Bonchev–Trinajstić information content (AvgIpc) is 3.31. The van der Waals surface area contributed by atoms with Crippen LogP contribution in [0.25, 0.3) is 0 Å². The Morgan fingerprint density at radius 1 is 0.619 bits per heavy atom. The number of rotatable bonds is 24. The Morgan fingerprint density at radius 2 is 1.05 bits per heavy atom. The maximum absolute atomic E-state index is 12.9. The molecule has 1 aliphatic heterocycles. The minimum Gasteiger partial charge on any atom is -0.346 e. The number of nitrogens with one attached hydrogen (secondary N) is 1. The average molecular weight is 599 g/mol. The quantitative estimate of drug-likeness (QED) is 0.0929. The van der Waals surface area contributed by atoms with Gasteiger partial charge in [-0.1, -0.05) is 171 Å². The summed E-state index contributed by atoms with van der Waals surface area (Å²) in [6.45, 7) is 2.69. The van der Waals surface area contributed by atoms with Crippen LogP contribution < -0.4 is 10.2 Å². The molecule has 5 nitrogen and oxygen atoms in total. The molecule has 1 unspecified atom stereocenters. The second kappa shape index (κ2) is 19.3. The molecule has 1 aliphatic rings. The van der Waals surface area contributed by atoms with Crippen LogP contribution in [0.5, 0.6) is 0 Å². The molecule has 2 N–H and O–H groups in total. The summed E-state index contributed by atoms with van der Waals surface area (Å²) in [6, 6.07) is 17.5. The molecule has 0 saturated heterocycles. The van der Waals surface area contributed by atoms with Gasteiger partial charge in [0.25, 0.3) is 0 Å². The molecular formula is C36H58N2O3S. The van der Waals surface area contributed by atoms with E-state index in [4.69, 9.17) is 0 Å². The lowest BCUT2D eigenvalue weighted by Gasteiger charge is -2.37. The molecule has 0 aromatic heterocycles. The van der Waals surface area contributed by atoms with E-state index in [0.717, 1.165) is 36.2 Å². The van der Waals surface area contributed by atoms with Crippen LogP contribution in [-0.4, -0.2) is 18.0 Å². The van der Waals surface area contributed by atoms with Gasteiger partial charge in [0.05, 0.1) is 11.4 Å². The number of fused-ring (bicyclic) bond motifs is 1. The van der Waals surface area contributed by atoms with Crippen molar-refractivity contribution >= 4 is 21.5 Å². The molecule has 0 bridgehead atoms. The second-order valence-electron chi connectivity index (χ2n) is 12.4. The van der Waals surface area contributed by atoms with Gasteiger partial charge in [0.2, 0.25) is 4.99 Å². The first kappa shape index (κ1) is 34.4. The SMILES string of the molecule is CCCCCCCCCCCCCCCCCCCCCCC1(S(=O)(=O)O)Nc2ccccc2N1Cc1ccccc1. The number of nitrogens with zero attached hydrogens (tertiary/aromatic N) is 1. The predicted octanol–water partition coefficient (Wildman–Crippen LogP) is 10.9. The van der Waals surface area contributed by atoms with Crippen LogP contribution in [0.15, 0.2) is 54.6 Å². The Labute approximate surface area is 257 Å². The number of unbranched alkanes of at least 4 members (excludes halogenated alkanes) is 19. The van der Waals surface area contributed by atoms with Crippen molar-refractivity contribution in [1.29, 1.82) is 0 Å². The molecule has 2 aromatic rings. The summed E-state index contributed by atoms with van der Waals surface area (Å²) in [5.74, 6) is 0. The lowest BCUT2D eigenvalue weighted by Crippen LogP contribution is -2.56. The number of hydrogen-bond acceptors (Lipinski definition) is 4. The van der Waals surface area contributed by atoms with Crippen LogP contribution in [0.2, 0.25) is 0 Å². The van der Waals surface area contributed by atoms with Crippen molar-refractivity contribution < 1.29 is 13.0 Å². The van der Waals surface area contributed by atoms with Crippen LogP contribution in [0.1, 0.15) is 147 Å². The lowest BCUT2D eigenvalue weighted by molar-refractivity contribution is 0.408. The molecular weight excluding hydrogens is 540 g/mol. The largest absolute Gasteiger partial charge is 0.346 e. The Bertz CT molecular complexity index is 1090. The monoisotopic (exact) mass is 598 g/mol. The Hall–Kier alpha value is -2.05. The maximum Gasteiger partial charge on any atom is 0.308 e. The summed E-state index contributed by atoms with van der Waals surface area (Å²) in [7, 11) is -4.41. The topological polar surface area (TPSA) is 69.6 Å². The first-order valence-electron chi connectivity index (χ1n) is 17.1. The minimum atomic E-state index is -4.41. The fraction of sp³-hybridized carbons (Fsp3) is 0.667. The van der Waals surface area contributed by atoms with Gasteiger partial charge < -0.3 is 10.2 Å². The van der Waals surface area contributed by atoms with E-state index in [0.29, 0.717) is 13.0 Å². The maximum atomic E-state index is 12.9. The Kier molecular flexibility index (Phi) is 15.8. The molecule has 0 amide bonds. The van der Waals surface area contributed by atoms with Crippen LogP contribution in [0.4, 0.5) is 11.4 Å². The summed E-state index contributed by atoms with van der Waals surface area (Å²) in [5, 5.41) is 3.21. The van der Waals surface area contributed by atoms with Crippen molar-refractivity contribution in [3.63, 3.8) is 0 Å². The first-order valence-corrected chi connectivity index (χ1v) is 18.6. The molecule has 6 heteroatoms. The van der Waals surface area contributed by atoms with Gasteiger partial charge >= 0.3 is 10.1 Å². The van der Waals surface area contributed by atoms with Crippen molar-refractivity contribution in [2.45, 2.75) is 153 Å². The van der Waals surface area contributed by atoms with Gasteiger partial charge in [0.15, 0.2) is 0 Å². The molecule has 236 valence electrons. The zero-order chi connectivity index (χ0) is 29.9. The van der Waals surface area contributed by atoms with Gasteiger partial charge in [-0.05, 0) is 24.1 Å². The smallest absolute Gasteiger partial charge is 0.308 e. The van der Waals surface area contributed by atoms with Gasteiger partial charge in [-0.15, -0.1) is 0 Å². The zero-order valence-corrected chi connectivity index (χ0v) is 27.2. The molecule has 0 saturated carbocycles. The summed E-state index contributed by atoms with van der Waals surface area (Å²) in [6.07, 6.45) is 26.5. The number of anilines is 2. The van der Waals surface area contributed by atoms with Gasteiger partial charge in [-0.3, -0.25) is 4.55 Å². The van der Waals surface area contributed by atoms with E-state index in [1.54, 1.807) is 0 Å². The third-order valence-electron chi connectivity index (χ3n) is 8.94. The number of benzene rings is 2. The van der Waals surface area contributed by atoms with Gasteiger partial charge in [-0.2, -0.15) is 8.42 Å². The molecule has 1 atom stereocenters. The summed E-state index contributed by atoms with van der Waals surface area (Å²) >= 11 is 0. The van der Waals surface area contributed by atoms with E-state index in [2.05, 4.69) is 12.2 Å². The normalized spacial score (nSPS) is 16.5. The number of hydrogen-bond donors (Lipinski definition) is 2. The third-order valence-corrected chi connectivity index (χ3v) is 10.3. The van der Waals surface area contributed by atoms with E-state index in [9.17, 15) is 13.0 Å². The third kappa shape index (κ3) is 11.2. The molecule has 42 heavy (non-hydrogen) atoms. The highest BCUT2D eigenvalue weighted by molar-refractivity contribution is 7.87. The van der Waals surface area contributed by atoms with Gasteiger partial charge in [0, 0.05) is 13.0 Å². The molecule has 0 spiro atoms. The molecule has 0 aliphatic carbocycles. The Balaban J connectivity index is 1.27. The van der Waals surface area contributed by atoms with Gasteiger partial charge in [-0.25, -0.2) is 0 Å². The van der Waals surface area contributed by atoms with Gasteiger partial charge in [0.1, 0.15) is 0 Å². The summed E-state index contributed by atoms with van der Waals surface area (Å²) in [5.41, 5.74) is 2.57. The van der Waals surface area contributed by atoms with Crippen LogP contribution in [0.3, 0.4) is 0 Å². The van der Waals surface area contributed by atoms with E-state index in [1.165, 1.54) is 109 Å². The van der Waals surface area contributed by atoms with E-state index < -0.39 is 15.1 Å². The van der Waals surface area contributed by atoms with Crippen LogP contribution in [0, 0.1) is 0 Å². The minimum absolute atomic E-state index is 0.340. The molecule has 0 fully saturated rings.